The van der Waals surface area contributed by atoms with Gasteiger partial charge >= 0.3 is 0 Å². The smallest absolute Gasteiger partial charge is 0.0499 e. The van der Waals surface area contributed by atoms with Crippen molar-refractivity contribution in [3.05, 3.63) is 41.8 Å². The molecule has 0 saturated heterocycles. The van der Waals surface area contributed by atoms with Gasteiger partial charge in [-0.1, -0.05) is 31.5 Å². The molecule has 0 aliphatic rings. The van der Waals surface area contributed by atoms with Crippen molar-refractivity contribution >= 4 is 0 Å². The number of aliphatic hydroxyl groups is 1. The van der Waals surface area contributed by atoms with E-state index in [2.05, 4.69) is 39.0 Å². The van der Waals surface area contributed by atoms with Crippen LogP contribution in [0.15, 0.2) is 18.2 Å². The molecule has 0 aliphatic carbocycles. The highest BCUT2D eigenvalue weighted by Gasteiger charge is 2.05. The van der Waals surface area contributed by atoms with E-state index >= 15 is 0 Å². The lowest BCUT2D eigenvalue weighted by atomic mass is 9.95. The van der Waals surface area contributed by atoms with Gasteiger partial charge in [0.2, 0.25) is 0 Å². The summed E-state index contributed by atoms with van der Waals surface area (Å²) in [6, 6.07) is 6.37. The first kappa shape index (κ1) is 11.3. The first-order valence-corrected chi connectivity index (χ1v) is 5.22. The Labute approximate surface area is 86.8 Å². The molecule has 0 aliphatic heterocycles. The van der Waals surface area contributed by atoms with E-state index in [1.54, 1.807) is 0 Å². The molecule has 1 aromatic carbocycles. The Hall–Kier alpha value is -0.820. The minimum Gasteiger partial charge on any atom is -0.396 e. The van der Waals surface area contributed by atoms with Crippen molar-refractivity contribution in [2.24, 2.45) is 0 Å². The highest BCUT2D eigenvalue weighted by Crippen LogP contribution is 2.19. The predicted octanol–water partition coefficient (Wildman–Crippen LogP) is 2.86. The van der Waals surface area contributed by atoms with Gasteiger partial charge in [-0.2, -0.15) is 0 Å². The summed E-state index contributed by atoms with van der Waals surface area (Å²) in [6.45, 7) is 8.32. The van der Waals surface area contributed by atoms with Gasteiger partial charge in [0.15, 0.2) is 0 Å². The summed E-state index contributed by atoms with van der Waals surface area (Å²) in [7, 11) is 0. The van der Waals surface area contributed by atoms with Gasteiger partial charge in [-0.25, -0.2) is 0 Å². The molecule has 1 unspecified atom stereocenters. The second-order valence-electron chi connectivity index (χ2n) is 3.82. The molecule has 0 aromatic heterocycles. The van der Waals surface area contributed by atoms with E-state index in [1.807, 2.05) is 0 Å². The minimum atomic E-state index is 0.00405. The van der Waals surface area contributed by atoms with Crippen LogP contribution < -0.4 is 0 Å². The molecule has 1 heteroatoms. The monoisotopic (exact) mass is 191 g/mol. The molecule has 0 spiro atoms. The third-order valence-corrected chi connectivity index (χ3v) is 2.58. The van der Waals surface area contributed by atoms with Gasteiger partial charge in [-0.15, -0.1) is 0 Å². The Balaban J connectivity index is 2.88. The highest BCUT2D eigenvalue weighted by atomic mass is 16.3. The predicted molar refractivity (Wildman–Crippen MR) is 60.4 cm³/mol. The van der Waals surface area contributed by atoms with Gasteiger partial charge in [0, 0.05) is 12.5 Å². The molecule has 1 radical (unpaired) electrons. The van der Waals surface area contributed by atoms with Gasteiger partial charge in [0.05, 0.1) is 0 Å². The number of hydrogen-bond acceptors (Lipinski definition) is 1. The van der Waals surface area contributed by atoms with E-state index < -0.39 is 0 Å². The van der Waals surface area contributed by atoms with Crippen LogP contribution in [0.2, 0.25) is 0 Å². The number of aliphatic hydroxyl groups excluding tert-OH is 1. The second kappa shape index (κ2) is 5.16. The van der Waals surface area contributed by atoms with E-state index in [4.69, 9.17) is 5.11 Å². The summed E-state index contributed by atoms with van der Waals surface area (Å²) in [5, 5.41) is 8.99. The van der Waals surface area contributed by atoms with Crippen LogP contribution >= 0.6 is 0 Å². The fourth-order valence-corrected chi connectivity index (χ4v) is 1.63. The van der Waals surface area contributed by atoms with Crippen LogP contribution in [0.1, 0.15) is 36.0 Å². The van der Waals surface area contributed by atoms with Crippen LogP contribution in [0.25, 0.3) is 0 Å². The Morgan fingerprint density at radius 1 is 1.43 bits per heavy atom. The lowest BCUT2D eigenvalue weighted by Crippen LogP contribution is -2.00. The summed E-state index contributed by atoms with van der Waals surface area (Å²) in [5.74, 6) is 0.00405. The van der Waals surface area contributed by atoms with E-state index in [9.17, 15) is 0 Å². The van der Waals surface area contributed by atoms with Crippen LogP contribution in [-0.4, -0.2) is 11.7 Å². The quantitative estimate of drug-likeness (QED) is 0.776. The van der Waals surface area contributed by atoms with Crippen LogP contribution in [0.4, 0.5) is 0 Å². The molecule has 0 saturated carbocycles. The topological polar surface area (TPSA) is 20.2 Å². The molecular weight excluding hydrogens is 172 g/mol. The van der Waals surface area contributed by atoms with Crippen molar-refractivity contribution in [1.29, 1.82) is 0 Å². The van der Waals surface area contributed by atoms with Crippen molar-refractivity contribution in [1.82, 2.24) is 0 Å². The zero-order chi connectivity index (χ0) is 10.6. The molecule has 0 heterocycles. The fraction of sp³-hybridized carbons (Fsp3) is 0.462. The Morgan fingerprint density at radius 2 is 2.14 bits per heavy atom. The SMILES string of the molecule is [CH2]C(CO)c1ccc(CCC)c(C)c1. The third kappa shape index (κ3) is 2.58. The van der Waals surface area contributed by atoms with E-state index in [0.29, 0.717) is 0 Å². The largest absolute Gasteiger partial charge is 0.396 e. The molecule has 77 valence electrons. The number of aryl methyl sites for hydroxylation is 2. The summed E-state index contributed by atoms with van der Waals surface area (Å²) in [6.07, 6.45) is 2.31. The minimum absolute atomic E-state index is 0.00405. The Morgan fingerprint density at radius 3 is 2.64 bits per heavy atom. The maximum Gasteiger partial charge on any atom is 0.0499 e. The maximum absolute atomic E-state index is 8.99. The van der Waals surface area contributed by atoms with E-state index in [1.165, 1.54) is 17.5 Å². The molecule has 1 nitrogen and oxygen atoms in total. The van der Waals surface area contributed by atoms with E-state index in [-0.39, 0.29) is 12.5 Å². The molecule has 14 heavy (non-hydrogen) atoms. The number of rotatable bonds is 4. The van der Waals surface area contributed by atoms with Crippen molar-refractivity contribution in [2.45, 2.75) is 32.6 Å². The lowest BCUT2D eigenvalue weighted by Gasteiger charge is -2.11. The molecule has 1 aromatic rings. The normalized spacial score (nSPS) is 12.9. The average molecular weight is 191 g/mol. The van der Waals surface area contributed by atoms with E-state index in [0.717, 1.165) is 12.0 Å². The van der Waals surface area contributed by atoms with Gasteiger partial charge in [0.25, 0.3) is 0 Å². The van der Waals surface area contributed by atoms with Gasteiger partial charge in [0.1, 0.15) is 0 Å². The molecule has 0 fully saturated rings. The van der Waals surface area contributed by atoms with Gasteiger partial charge in [-0.3, -0.25) is 0 Å². The molecule has 0 amide bonds. The maximum atomic E-state index is 8.99. The molecule has 1 N–H and O–H groups in total. The van der Waals surface area contributed by atoms with Crippen molar-refractivity contribution in [3.8, 4) is 0 Å². The summed E-state index contributed by atoms with van der Waals surface area (Å²) in [4.78, 5) is 0. The Bertz CT molecular complexity index is 291. The molecule has 0 bridgehead atoms. The summed E-state index contributed by atoms with van der Waals surface area (Å²) >= 11 is 0. The van der Waals surface area contributed by atoms with Crippen molar-refractivity contribution in [3.63, 3.8) is 0 Å². The summed E-state index contributed by atoms with van der Waals surface area (Å²) < 4.78 is 0. The average Bonchev–Trinajstić information content (AvgIpc) is 2.20. The van der Waals surface area contributed by atoms with Crippen molar-refractivity contribution in [2.75, 3.05) is 6.61 Å². The van der Waals surface area contributed by atoms with Crippen molar-refractivity contribution < 1.29 is 5.11 Å². The molecule has 1 atom stereocenters. The van der Waals surface area contributed by atoms with Crippen LogP contribution in [0, 0.1) is 13.8 Å². The highest BCUT2D eigenvalue weighted by molar-refractivity contribution is 5.33. The van der Waals surface area contributed by atoms with Crippen LogP contribution in [0.5, 0.6) is 0 Å². The van der Waals surface area contributed by atoms with Gasteiger partial charge in [-0.05, 0) is 37.0 Å². The lowest BCUT2D eigenvalue weighted by molar-refractivity contribution is 0.282. The second-order valence-corrected chi connectivity index (χ2v) is 3.82. The summed E-state index contributed by atoms with van der Waals surface area (Å²) in [5.41, 5.74) is 3.85. The van der Waals surface area contributed by atoms with Gasteiger partial charge < -0.3 is 5.11 Å². The number of benzene rings is 1. The fourth-order valence-electron chi connectivity index (χ4n) is 1.63. The van der Waals surface area contributed by atoms with Crippen LogP contribution in [0.3, 0.4) is 0 Å². The first-order chi connectivity index (χ1) is 6.69. The number of hydrogen-bond donors (Lipinski definition) is 1. The zero-order valence-corrected chi connectivity index (χ0v) is 9.09. The van der Waals surface area contributed by atoms with Crippen LogP contribution in [-0.2, 0) is 6.42 Å². The molecule has 1 rings (SSSR count). The third-order valence-electron chi connectivity index (χ3n) is 2.58. The zero-order valence-electron chi connectivity index (χ0n) is 9.09. The first-order valence-electron chi connectivity index (χ1n) is 5.22. The molecular formula is C13H19O. The standard InChI is InChI=1S/C13H19O/c1-4-5-12-6-7-13(8-10(12)2)11(3)9-14/h6-8,11,14H,3-5,9H2,1-2H3. The Kier molecular flexibility index (Phi) is 4.15.